The van der Waals surface area contributed by atoms with Crippen LogP contribution in [0.25, 0.3) is 0 Å². The van der Waals surface area contributed by atoms with E-state index in [-0.39, 0.29) is 18.3 Å². The number of carbonyl (C=O) groups excluding carboxylic acids is 2. The summed E-state index contributed by atoms with van der Waals surface area (Å²) < 4.78 is 10.7. The van der Waals surface area contributed by atoms with Crippen molar-refractivity contribution in [2.45, 2.75) is 19.8 Å². The second-order valence-corrected chi connectivity index (χ2v) is 5.64. The highest BCUT2D eigenvalue weighted by Crippen LogP contribution is 2.26. The Morgan fingerprint density at radius 1 is 1.13 bits per heavy atom. The summed E-state index contributed by atoms with van der Waals surface area (Å²) in [6.45, 7) is 2.80. The standard InChI is InChI=1S/C17H19NO4S/c1-2-21-13-7-3-4-8-14(13)22-16(19)10-5-11-18-17(20)15-9-6-12-23-15/h3-4,6-9,12H,2,5,10-11H2,1H3,(H,18,20). The molecule has 2 aromatic rings. The van der Waals surface area contributed by atoms with Crippen LogP contribution in [-0.2, 0) is 4.79 Å². The number of ether oxygens (including phenoxy) is 2. The van der Waals surface area contributed by atoms with Gasteiger partial charge in [0.2, 0.25) is 0 Å². The number of carbonyl (C=O) groups is 2. The van der Waals surface area contributed by atoms with Crippen LogP contribution in [0, 0.1) is 0 Å². The Hall–Kier alpha value is -2.34. The molecule has 0 unspecified atom stereocenters. The Balaban J connectivity index is 1.72. The highest BCUT2D eigenvalue weighted by atomic mass is 32.1. The van der Waals surface area contributed by atoms with Gasteiger partial charge in [-0.15, -0.1) is 11.3 Å². The topological polar surface area (TPSA) is 64.6 Å². The number of hydrogen-bond acceptors (Lipinski definition) is 5. The van der Waals surface area contributed by atoms with Crippen molar-refractivity contribution in [2.75, 3.05) is 13.2 Å². The first-order valence-electron chi connectivity index (χ1n) is 7.45. The molecule has 5 nitrogen and oxygen atoms in total. The molecule has 0 bridgehead atoms. The third-order valence-corrected chi connectivity index (χ3v) is 3.83. The summed E-state index contributed by atoms with van der Waals surface area (Å²) in [5.41, 5.74) is 0. The molecule has 1 aromatic heterocycles. The van der Waals surface area contributed by atoms with E-state index in [2.05, 4.69) is 5.32 Å². The molecule has 0 aliphatic carbocycles. The van der Waals surface area contributed by atoms with Gasteiger partial charge in [0.1, 0.15) is 0 Å². The summed E-state index contributed by atoms with van der Waals surface area (Å²) >= 11 is 1.39. The van der Waals surface area contributed by atoms with Gasteiger partial charge in [0.05, 0.1) is 11.5 Å². The third kappa shape index (κ3) is 5.41. The fourth-order valence-corrected chi connectivity index (χ4v) is 2.55. The van der Waals surface area contributed by atoms with E-state index in [1.54, 1.807) is 24.3 Å². The lowest BCUT2D eigenvalue weighted by Crippen LogP contribution is -2.24. The first-order chi connectivity index (χ1) is 11.2. The summed E-state index contributed by atoms with van der Waals surface area (Å²) in [6, 6.07) is 10.6. The first kappa shape index (κ1) is 17.0. The molecule has 0 radical (unpaired) electrons. The van der Waals surface area contributed by atoms with E-state index in [9.17, 15) is 9.59 Å². The minimum atomic E-state index is -0.345. The molecule has 0 saturated carbocycles. The maximum atomic E-state index is 11.9. The van der Waals surface area contributed by atoms with Crippen LogP contribution in [0.2, 0.25) is 0 Å². The maximum absolute atomic E-state index is 11.9. The van der Waals surface area contributed by atoms with E-state index in [1.807, 2.05) is 24.4 Å². The largest absolute Gasteiger partial charge is 0.490 e. The lowest BCUT2D eigenvalue weighted by molar-refractivity contribution is -0.134. The lowest BCUT2D eigenvalue weighted by atomic mass is 10.3. The predicted octanol–water partition coefficient (Wildman–Crippen LogP) is 3.26. The van der Waals surface area contributed by atoms with Crippen LogP contribution in [-0.4, -0.2) is 25.0 Å². The van der Waals surface area contributed by atoms with Crippen molar-refractivity contribution in [3.8, 4) is 11.5 Å². The molecule has 1 heterocycles. The molecule has 1 amide bonds. The molecule has 0 fully saturated rings. The normalized spacial score (nSPS) is 10.1. The summed E-state index contributed by atoms with van der Waals surface area (Å²) in [5.74, 6) is 0.508. The molecule has 0 atom stereocenters. The Labute approximate surface area is 139 Å². The molecule has 6 heteroatoms. The smallest absolute Gasteiger partial charge is 0.311 e. The molecule has 0 aliphatic rings. The number of esters is 1. The van der Waals surface area contributed by atoms with Gasteiger partial charge < -0.3 is 14.8 Å². The van der Waals surface area contributed by atoms with Gasteiger partial charge in [-0.2, -0.15) is 0 Å². The van der Waals surface area contributed by atoms with Gasteiger partial charge >= 0.3 is 5.97 Å². The number of hydrogen-bond donors (Lipinski definition) is 1. The van der Waals surface area contributed by atoms with E-state index < -0.39 is 0 Å². The molecule has 122 valence electrons. The molecule has 0 spiro atoms. The SMILES string of the molecule is CCOc1ccccc1OC(=O)CCCNC(=O)c1cccs1. The summed E-state index contributed by atoms with van der Waals surface area (Å²) in [6.07, 6.45) is 0.748. The Kier molecular flexibility index (Phi) is 6.62. The molecule has 1 N–H and O–H groups in total. The van der Waals surface area contributed by atoms with Crippen molar-refractivity contribution >= 4 is 23.2 Å². The van der Waals surface area contributed by atoms with Crippen LogP contribution in [0.4, 0.5) is 0 Å². The van der Waals surface area contributed by atoms with E-state index in [1.165, 1.54) is 11.3 Å². The van der Waals surface area contributed by atoms with Gasteiger partial charge in [0.15, 0.2) is 11.5 Å². The predicted molar refractivity (Wildman–Crippen MR) is 89.1 cm³/mol. The van der Waals surface area contributed by atoms with Crippen LogP contribution in [0.15, 0.2) is 41.8 Å². The Morgan fingerprint density at radius 2 is 1.91 bits per heavy atom. The average molecular weight is 333 g/mol. The molecule has 2 rings (SSSR count). The van der Waals surface area contributed by atoms with Crippen LogP contribution in [0.1, 0.15) is 29.4 Å². The van der Waals surface area contributed by atoms with Gasteiger partial charge in [-0.1, -0.05) is 18.2 Å². The Morgan fingerprint density at radius 3 is 2.61 bits per heavy atom. The second kappa shape index (κ2) is 8.95. The fourth-order valence-electron chi connectivity index (χ4n) is 1.91. The molecule has 0 saturated heterocycles. The van der Waals surface area contributed by atoms with Crippen molar-refractivity contribution in [3.05, 3.63) is 46.7 Å². The molecule has 0 aliphatic heterocycles. The van der Waals surface area contributed by atoms with E-state index in [4.69, 9.17) is 9.47 Å². The van der Waals surface area contributed by atoms with Gasteiger partial charge in [0.25, 0.3) is 5.91 Å². The van der Waals surface area contributed by atoms with Crippen LogP contribution >= 0.6 is 11.3 Å². The van der Waals surface area contributed by atoms with E-state index in [0.717, 1.165) is 0 Å². The Bertz CT molecular complexity index is 640. The van der Waals surface area contributed by atoms with Crippen molar-refractivity contribution < 1.29 is 19.1 Å². The quantitative estimate of drug-likeness (QED) is 0.457. The lowest BCUT2D eigenvalue weighted by Gasteiger charge is -2.10. The minimum Gasteiger partial charge on any atom is -0.490 e. The highest BCUT2D eigenvalue weighted by molar-refractivity contribution is 7.12. The van der Waals surface area contributed by atoms with Gasteiger partial charge in [-0.25, -0.2) is 0 Å². The zero-order valence-electron chi connectivity index (χ0n) is 12.9. The number of nitrogens with one attached hydrogen (secondary N) is 1. The van der Waals surface area contributed by atoms with Gasteiger partial charge in [-0.3, -0.25) is 9.59 Å². The first-order valence-corrected chi connectivity index (χ1v) is 8.33. The fraction of sp³-hybridized carbons (Fsp3) is 0.294. The number of para-hydroxylation sites is 2. The van der Waals surface area contributed by atoms with Crippen LogP contribution in [0.3, 0.4) is 0 Å². The van der Waals surface area contributed by atoms with Crippen molar-refractivity contribution in [3.63, 3.8) is 0 Å². The van der Waals surface area contributed by atoms with E-state index in [0.29, 0.717) is 35.9 Å². The summed E-state index contributed by atoms with van der Waals surface area (Å²) in [5, 5.41) is 4.62. The number of amides is 1. The van der Waals surface area contributed by atoms with Crippen molar-refractivity contribution in [1.82, 2.24) is 5.32 Å². The monoisotopic (exact) mass is 333 g/mol. The zero-order valence-corrected chi connectivity index (χ0v) is 13.7. The molecule has 23 heavy (non-hydrogen) atoms. The van der Waals surface area contributed by atoms with Gasteiger partial charge in [0, 0.05) is 13.0 Å². The average Bonchev–Trinajstić information content (AvgIpc) is 3.08. The summed E-state index contributed by atoms with van der Waals surface area (Å²) in [7, 11) is 0. The number of benzene rings is 1. The molecular formula is C17H19NO4S. The maximum Gasteiger partial charge on any atom is 0.311 e. The van der Waals surface area contributed by atoms with Crippen LogP contribution < -0.4 is 14.8 Å². The zero-order chi connectivity index (χ0) is 16.5. The highest BCUT2D eigenvalue weighted by Gasteiger charge is 2.10. The minimum absolute atomic E-state index is 0.116. The van der Waals surface area contributed by atoms with E-state index >= 15 is 0 Å². The third-order valence-electron chi connectivity index (χ3n) is 2.96. The van der Waals surface area contributed by atoms with Gasteiger partial charge in [-0.05, 0) is 36.9 Å². The second-order valence-electron chi connectivity index (χ2n) is 4.69. The van der Waals surface area contributed by atoms with Crippen LogP contribution in [0.5, 0.6) is 11.5 Å². The van der Waals surface area contributed by atoms with Crippen molar-refractivity contribution in [2.24, 2.45) is 0 Å². The van der Waals surface area contributed by atoms with Crippen molar-refractivity contribution in [1.29, 1.82) is 0 Å². The summed E-state index contributed by atoms with van der Waals surface area (Å²) in [4.78, 5) is 24.2. The number of thiophene rings is 1. The molecule has 1 aromatic carbocycles. The number of rotatable bonds is 8. The molecular weight excluding hydrogens is 314 g/mol.